The zero-order chi connectivity index (χ0) is 16.4. The van der Waals surface area contributed by atoms with Crippen LogP contribution in [-0.4, -0.2) is 21.4 Å². The summed E-state index contributed by atoms with van der Waals surface area (Å²) in [6.07, 6.45) is 2.00. The van der Waals surface area contributed by atoms with Crippen molar-refractivity contribution >= 4 is 0 Å². The second-order valence-electron chi connectivity index (χ2n) is 6.89. The summed E-state index contributed by atoms with van der Waals surface area (Å²) in [5.74, 6) is 3.64. The van der Waals surface area contributed by atoms with Crippen LogP contribution in [0.1, 0.15) is 51.9 Å². The number of aryl methyl sites for hydroxylation is 1. The van der Waals surface area contributed by atoms with Gasteiger partial charge in [0.1, 0.15) is 17.3 Å². The maximum absolute atomic E-state index is 6.05. The van der Waals surface area contributed by atoms with Crippen molar-refractivity contribution in [2.45, 2.75) is 53.2 Å². The lowest BCUT2D eigenvalue weighted by Crippen LogP contribution is -2.29. The summed E-state index contributed by atoms with van der Waals surface area (Å²) in [4.78, 5) is 0. The minimum atomic E-state index is -0.136. The fourth-order valence-corrected chi connectivity index (χ4v) is 3.00. The number of ether oxygens (including phenoxy) is 2. The van der Waals surface area contributed by atoms with E-state index in [1.807, 2.05) is 38.1 Å². The average Bonchev–Trinajstić information content (AvgIpc) is 2.91. The molecule has 0 saturated carbocycles. The van der Waals surface area contributed by atoms with Crippen LogP contribution in [-0.2, 0) is 13.0 Å². The summed E-state index contributed by atoms with van der Waals surface area (Å²) in [6.45, 7) is 10.2. The SMILES string of the molecule is CCOc1ccc(OC(C)c2nnc3n2CC(C)(C)CC3)cc1. The van der Waals surface area contributed by atoms with Gasteiger partial charge in [0, 0.05) is 13.0 Å². The number of hydrogen-bond acceptors (Lipinski definition) is 4. The van der Waals surface area contributed by atoms with E-state index in [4.69, 9.17) is 9.47 Å². The molecule has 1 aliphatic rings. The number of hydrogen-bond donors (Lipinski definition) is 0. The van der Waals surface area contributed by atoms with E-state index < -0.39 is 0 Å². The first kappa shape index (κ1) is 15.8. The van der Waals surface area contributed by atoms with Crippen molar-refractivity contribution < 1.29 is 9.47 Å². The van der Waals surface area contributed by atoms with E-state index in [0.29, 0.717) is 6.61 Å². The molecule has 0 amide bonds. The van der Waals surface area contributed by atoms with Gasteiger partial charge in [0.25, 0.3) is 0 Å². The smallest absolute Gasteiger partial charge is 0.173 e. The van der Waals surface area contributed by atoms with E-state index in [0.717, 1.165) is 42.5 Å². The van der Waals surface area contributed by atoms with Gasteiger partial charge in [-0.3, -0.25) is 0 Å². The van der Waals surface area contributed by atoms with Gasteiger partial charge in [0.05, 0.1) is 6.61 Å². The second kappa shape index (κ2) is 6.22. The number of aromatic nitrogens is 3. The van der Waals surface area contributed by atoms with E-state index >= 15 is 0 Å². The summed E-state index contributed by atoms with van der Waals surface area (Å²) in [6, 6.07) is 7.71. The van der Waals surface area contributed by atoms with E-state index in [1.165, 1.54) is 0 Å². The quantitative estimate of drug-likeness (QED) is 0.842. The molecule has 5 heteroatoms. The Morgan fingerprint density at radius 2 is 1.87 bits per heavy atom. The molecule has 1 aromatic heterocycles. The molecule has 0 aliphatic carbocycles. The molecule has 0 fully saturated rings. The van der Waals surface area contributed by atoms with Gasteiger partial charge in [0.15, 0.2) is 11.9 Å². The molecule has 1 aliphatic heterocycles. The molecule has 0 bridgehead atoms. The Hall–Kier alpha value is -2.04. The molecule has 0 spiro atoms. The fourth-order valence-electron chi connectivity index (χ4n) is 3.00. The summed E-state index contributed by atoms with van der Waals surface area (Å²) >= 11 is 0. The molecule has 2 heterocycles. The monoisotopic (exact) mass is 315 g/mol. The van der Waals surface area contributed by atoms with Crippen LogP contribution in [0.15, 0.2) is 24.3 Å². The Morgan fingerprint density at radius 3 is 2.57 bits per heavy atom. The largest absolute Gasteiger partial charge is 0.494 e. The zero-order valence-corrected chi connectivity index (χ0v) is 14.4. The Labute approximate surface area is 137 Å². The topological polar surface area (TPSA) is 49.2 Å². The van der Waals surface area contributed by atoms with Crippen LogP contribution in [0.3, 0.4) is 0 Å². The molecule has 0 radical (unpaired) electrons. The van der Waals surface area contributed by atoms with Gasteiger partial charge in [-0.15, -0.1) is 10.2 Å². The van der Waals surface area contributed by atoms with Crippen molar-refractivity contribution in [1.82, 2.24) is 14.8 Å². The third-order valence-corrected chi connectivity index (χ3v) is 4.28. The van der Waals surface area contributed by atoms with Gasteiger partial charge < -0.3 is 14.0 Å². The minimum absolute atomic E-state index is 0.136. The molecule has 2 aromatic rings. The molecular weight excluding hydrogens is 290 g/mol. The van der Waals surface area contributed by atoms with E-state index in [-0.39, 0.29) is 11.5 Å². The van der Waals surface area contributed by atoms with Gasteiger partial charge >= 0.3 is 0 Å². The molecule has 0 N–H and O–H groups in total. The highest BCUT2D eigenvalue weighted by Crippen LogP contribution is 2.32. The summed E-state index contributed by atoms with van der Waals surface area (Å²) in [7, 11) is 0. The van der Waals surface area contributed by atoms with Crippen molar-refractivity contribution in [3.05, 3.63) is 35.9 Å². The van der Waals surface area contributed by atoms with Crippen LogP contribution < -0.4 is 9.47 Å². The Morgan fingerprint density at radius 1 is 1.17 bits per heavy atom. The first-order chi connectivity index (χ1) is 11.0. The molecule has 1 unspecified atom stereocenters. The van der Waals surface area contributed by atoms with Crippen molar-refractivity contribution in [2.24, 2.45) is 5.41 Å². The molecule has 3 rings (SSSR count). The molecule has 1 aromatic carbocycles. The minimum Gasteiger partial charge on any atom is -0.494 e. The van der Waals surface area contributed by atoms with Crippen LogP contribution in [0.4, 0.5) is 0 Å². The molecular formula is C18H25N3O2. The summed E-state index contributed by atoms with van der Waals surface area (Å²) in [5, 5.41) is 8.71. The number of rotatable bonds is 5. The van der Waals surface area contributed by atoms with Gasteiger partial charge in [-0.05, 0) is 49.9 Å². The zero-order valence-electron chi connectivity index (χ0n) is 14.4. The Kier molecular flexibility index (Phi) is 4.28. The predicted octanol–water partition coefficient (Wildman–Crippen LogP) is 3.79. The van der Waals surface area contributed by atoms with Crippen LogP contribution in [0.25, 0.3) is 0 Å². The lowest BCUT2D eigenvalue weighted by Gasteiger charge is -2.31. The Balaban J connectivity index is 1.74. The average molecular weight is 315 g/mol. The fraction of sp³-hybridized carbons (Fsp3) is 0.556. The highest BCUT2D eigenvalue weighted by molar-refractivity contribution is 5.31. The maximum Gasteiger partial charge on any atom is 0.173 e. The van der Waals surface area contributed by atoms with Crippen molar-refractivity contribution in [1.29, 1.82) is 0 Å². The van der Waals surface area contributed by atoms with Gasteiger partial charge in [0.2, 0.25) is 0 Å². The first-order valence-corrected chi connectivity index (χ1v) is 8.30. The van der Waals surface area contributed by atoms with Crippen LogP contribution >= 0.6 is 0 Å². The van der Waals surface area contributed by atoms with E-state index in [2.05, 4.69) is 28.6 Å². The molecule has 5 nitrogen and oxygen atoms in total. The van der Waals surface area contributed by atoms with E-state index in [1.54, 1.807) is 0 Å². The van der Waals surface area contributed by atoms with Crippen LogP contribution in [0, 0.1) is 5.41 Å². The lowest BCUT2D eigenvalue weighted by molar-refractivity contribution is 0.190. The van der Waals surface area contributed by atoms with Crippen molar-refractivity contribution in [2.75, 3.05) is 6.61 Å². The van der Waals surface area contributed by atoms with Crippen LogP contribution in [0.5, 0.6) is 11.5 Å². The van der Waals surface area contributed by atoms with Crippen molar-refractivity contribution in [3.63, 3.8) is 0 Å². The highest BCUT2D eigenvalue weighted by Gasteiger charge is 2.30. The number of benzene rings is 1. The summed E-state index contributed by atoms with van der Waals surface area (Å²) in [5.41, 5.74) is 0.281. The third-order valence-electron chi connectivity index (χ3n) is 4.28. The molecule has 1 atom stereocenters. The standard InChI is InChI=1S/C18H25N3O2/c1-5-22-14-6-8-15(9-7-14)23-13(2)17-20-19-16-10-11-18(3,4)12-21(16)17/h6-9,13H,5,10-12H2,1-4H3. The first-order valence-electron chi connectivity index (χ1n) is 8.30. The number of nitrogens with zero attached hydrogens (tertiary/aromatic N) is 3. The number of fused-ring (bicyclic) bond motifs is 1. The third kappa shape index (κ3) is 3.49. The normalized spacial score (nSPS) is 17.4. The lowest BCUT2D eigenvalue weighted by atomic mass is 9.85. The van der Waals surface area contributed by atoms with Crippen molar-refractivity contribution in [3.8, 4) is 11.5 Å². The molecule has 124 valence electrons. The van der Waals surface area contributed by atoms with E-state index in [9.17, 15) is 0 Å². The van der Waals surface area contributed by atoms with Gasteiger partial charge in [-0.1, -0.05) is 13.8 Å². The molecule has 0 saturated heterocycles. The van der Waals surface area contributed by atoms with Crippen LogP contribution in [0.2, 0.25) is 0 Å². The summed E-state index contributed by atoms with van der Waals surface area (Å²) < 4.78 is 13.7. The predicted molar refractivity (Wildman–Crippen MR) is 88.8 cm³/mol. The maximum atomic E-state index is 6.05. The second-order valence-corrected chi connectivity index (χ2v) is 6.89. The van der Waals surface area contributed by atoms with Gasteiger partial charge in [-0.25, -0.2) is 0 Å². The highest BCUT2D eigenvalue weighted by atomic mass is 16.5. The molecule has 23 heavy (non-hydrogen) atoms. The Bertz CT molecular complexity index is 661. The van der Waals surface area contributed by atoms with Gasteiger partial charge in [-0.2, -0.15) is 0 Å².